The van der Waals surface area contributed by atoms with E-state index in [1.165, 1.54) is 12.3 Å². The van der Waals surface area contributed by atoms with E-state index in [-0.39, 0.29) is 5.91 Å². The van der Waals surface area contributed by atoms with E-state index in [2.05, 4.69) is 16.2 Å². The number of hydrogen-bond acceptors (Lipinski definition) is 2. The highest BCUT2D eigenvalue weighted by Crippen LogP contribution is 2.28. The number of terminal acetylenes is 1. The summed E-state index contributed by atoms with van der Waals surface area (Å²) in [6, 6.07) is 6.72. The molecule has 4 heteroatoms. The summed E-state index contributed by atoms with van der Waals surface area (Å²) in [5.41, 5.74) is 4.76. The summed E-state index contributed by atoms with van der Waals surface area (Å²) in [6.45, 7) is 6.36. The number of benzene rings is 1. The highest BCUT2D eigenvalue weighted by molar-refractivity contribution is 5.97. The van der Waals surface area contributed by atoms with Crippen molar-refractivity contribution in [1.29, 1.82) is 0 Å². The standard InChI is InChI=1S/C21H21FN2O/c1-5-9-23-21(25)14(3)10-18-11-16(6-2)12-19(15(18)4)17-7-8-20(22)24-13-17/h2,7-8,10-13H,5,9H2,1,3-4H3,(H,23,25)/b14-10+. The van der Waals surface area contributed by atoms with E-state index in [1.807, 2.05) is 32.1 Å². The topological polar surface area (TPSA) is 42.0 Å². The lowest BCUT2D eigenvalue weighted by molar-refractivity contribution is -0.117. The van der Waals surface area contributed by atoms with E-state index in [0.29, 0.717) is 17.7 Å². The second kappa shape index (κ2) is 8.25. The highest BCUT2D eigenvalue weighted by Gasteiger charge is 2.10. The molecule has 0 saturated heterocycles. The van der Waals surface area contributed by atoms with Crippen LogP contribution in [0.15, 0.2) is 36.0 Å². The fraction of sp³-hybridized carbons (Fsp3) is 0.238. The summed E-state index contributed by atoms with van der Waals surface area (Å²) in [6.07, 6.45) is 9.75. The van der Waals surface area contributed by atoms with Crippen molar-refractivity contribution in [3.8, 4) is 23.5 Å². The SMILES string of the molecule is C#Cc1cc(/C=C(\C)C(=O)NCCC)c(C)c(-c2ccc(F)nc2)c1. The van der Waals surface area contributed by atoms with Crippen molar-refractivity contribution in [2.24, 2.45) is 0 Å². The Morgan fingerprint density at radius 1 is 1.40 bits per heavy atom. The maximum absolute atomic E-state index is 13.1. The molecule has 1 aromatic heterocycles. The van der Waals surface area contributed by atoms with Crippen LogP contribution in [0.3, 0.4) is 0 Å². The molecule has 0 bridgehead atoms. The molecule has 0 radical (unpaired) electrons. The lowest BCUT2D eigenvalue weighted by Gasteiger charge is -2.12. The molecule has 0 saturated carbocycles. The Kier molecular flexibility index (Phi) is 6.08. The quantitative estimate of drug-likeness (QED) is 0.507. The van der Waals surface area contributed by atoms with Gasteiger partial charge in [0, 0.05) is 29.4 Å². The van der Waals surface area contributed by atoms with E-state index in [1.54, 1.807) is 13.0 Å². The summed E-state index contributed by atoms with van der Waals surface area (Å²) >= 11 is 0. The Morgan fingerprint density at radius 2 is 2.16 bits per heavy atom. The van der Waals surface area contributed by atoms with Crippen LogP contribution in [0.25, 0.3) is 17.2 Å². The van der Waals surface area contributed by atoms with Crippen LogP contribution in [0.5, 0.6) is 0 Å². The first kappa shape index (κ1) is 18.4. The molecule has 3 nitrogen and oxygen atoms in total. The highest BCUT2D eigenvalue weighted by atomic mass is 19.1. The maximum Gasteiger partial charge on any atom is 0.246 e. The number of pyridine rings is 1. The Morgan fingerprint density at radius 3 is 2.76 bits per heavy atom. The van der Waals surface area contributed by atoms with Gasteiger partial charge in [0.25, 0.3) is 0 Å². The summed E-state index contributed by atoms with van der Waals surface area (Å²) in [5.74, 6) is 2.00. The summed E-state index contributed by atoms with van der Waals surface area (Å²) < 4.78 is 13.1. The molecule has 1 heterocycles. The number of amides is 1. The number of halogens is 1. The van der Waals surface area contributed by atoms with E-state index in [9.17, 15) is 9.18 Å². The molecule has 2 aromatic rings. The van der Waals surface area contributed by atoms with Crippen LogP contribution in [0.2, 0.25) is 0 Å². The van der Waals surface area contributed by atoms with Crippen LogP contribution in [-0.4, -0.2) is 17.4 Å². The predicted octanol–water partition coefficient (Wildman–Crippen LogP) is 4.11. The monoisotopic (exact) mass is 336 g/mol. The van der Waals surface area contributed by atoms with Gasteiger partial charge in [-0.3, -0.25) is 4.79 Å². The van der Waals surface area contributed by atoms with Crippen molar-refractivity contribution in [2.75, 3.05) is 6.54 Å². The number of nitrogens with one attached hydrogen (secondary N) is 1. The van der Waals surface area contributed by atoms with E-state index in [0.717, 1.165) is 28.7 Å². The fourth-order valence-electron chi connectivity index (χ4n) is 2.48. The number of carbonyl (C=O) groups is 1. The molecule has 1 N–H and O–H groups in total. The van der Waals surface area contributed by atoms with Crippen LogP contribution in [-0.2, 0) is 4.79 Å². The summed E-state index contributed by atoms with van der Waals surface area (Å²) in [7, 11) is 0. The van der Waals surface area contributed by atoms with Gasteiger partial charge in [-0.25, -0.2) is 4.98 Å². The molecule has 0 fully saturated rings. The smallest absolute Gasteiger partial charge is 0.246 e. The number of carbonyl (C=O) groups excluding carboxylic acids is 1. The number of hydrogen-bond donors (Lipinski definition) is 1. The third-order valence-corrected chi connectivity index (χ3v) is 3.92. The Labute approximate surface area is 148 Å². The van der Waals surface area contributed by atoms with Crippen molar-refractivity contribution in [3.63, 3.8) is 0 Å². The summed E-state index contributed by atoms with van der Waals surface area (Å²) in [4.78, 5) is 15.8. The van der Waals surface area contributed by atoms with E-state index in [4.69, 9.17) is 6.42 Å². The average molecular weight is 336 g/mol. The molecule has 0 aliphatic carbocycles. The normalized spacial score (nSPS) is 11.1. The zero-order valence-electron chi connectivity index (χ0n) is 14.7. The molecule has 0 unspecified atom stereocenters. The minimum atomic E-state index is -0.530. The molecule has 0 aliphatic heterocycles. The average Bonchev–Trinajstić information content (AvgIpc) is 2.62. The van der Waals surface area contributed by atoms with Gasteiger partial charge in [-0.15, -0.1) is 6.42 Å². The van der Waals surface area contributed by atoms with Gasteiger partial charge < -0.3 is 5.32 Å². The van der Waals surface area contributed by atoms with Crippen molar-refractivity contribution < 1.29 is 9.18 Å². The molecule has 0 atom stereocenters. The second-order valence-electron chi connectivity index (χ2n) is 5.84. The van der Waals surface area contributed by atoms with Crippen molar-refractivity contribution in [2.45, 2.75) is 27.2 Å². The first-order valence-corrected chi connectivity index (χ1v) is 8.16. The Hall–Kier alpha value is -2.93. The van der Waals surface area contributed by atoms with Gasteiger partial charge in [-0.1, -0.05) is 12.8 Å². The molecule has 2 rings (SSSR count). The molecule has 128 valence electrons. The Balaban J connectivity index is 2.49. The van der Waals surface area contributed by atoms with Crippen molar-refractivity contribution in [3.05, 3.63) is 58.7 Å². The van der Waals surface area contributed by atoms with Crippen LogP contribution in [0.1, 0.15) is 37.0 Å². The van der Waals surface area contributed by atoms with Gasteiger partial charge in [-0.2, -0.15) is 4.39 Å². The number of nitrogens with zero attached hydrogens (tertiary/aromatic N) is 1. The first-order chi connectivity index (χ1) is 12.0. The maximum atomic E-state index is 13.1. The van der Waals surface area contributed by atoms with Gasteiger partial charge in [0.1, 0.15) is 0 Å². The van der Waals surface area contributed by atoms with Crippen molar-refractivity contribution in [1.82, 2.24) is 10.3 Å². The Bertz CT molecular complexity index is 845. The largest absolute Gasteiger partial charge is 0.352 e. The minimum absolute atomic E-state index is 0.0997. The molecular weight excluding hydrogens is 315 g/mol. The van der Waals surface area contributed by atoms with Crippen LogP contribution >= 0.6 is 0 Å². The summed E-state index contributed by atoms with van der Waals surface area (Å²) in [5, 5.41) is 2.85. The molecule has 0 aliphatic rings. The molecular formula is C21H21FN2O. The number of aromatic nitrogens is 1. The lowest BCUT2D eigenvalue weighted by Crippen LogP contribution is -2.24. The van der Waals surface area contributed by atoms with Crippen LogP contribution in [0, 0.1) is 25.2 Å². The van der Waals surface area contributed by atoms with Gasteiger partial charge in [0.05, 0.1) is 0 Å². The van der Waals surface area contributed by atoms with Crippen molar-refractivity contribution >= 4 is 12.0 Å². The van der Waals surface area contributed by atoms with Gasteiger partial charge >= 0.3 is 0 Å². The third-order valence-electron chi connectivity index (χ3n) is 3.92. The first-order valence-electron chi connectivity index (χ1n) is 8.16. The van der Waals surface area contributed by atoms with Crippen LogP contribution < -0.4 is 5.32 Å². The fourth-order valence-corrected chi connectivity index (χ4v) is 2.48. The van der Waals surface area contributed by atoms with Gasteiger partial charge in [0.15, 0.2) is 0 Å². The van der Waals surface area contributed by atoms with Gasteiger partial charge in [0.2, 0.25) is 11.9 Å². The zero-order valence-corrected chi connectivity index (χ0v) is 14.7. The van der Waals surface area contributed by atoms with E-state index < -0.39 is 5.95 Å². The molecule has 0 spiro atoms. The minimum Gasteiger partial charge on any atom is -0.352 e. The molecule has 1 amide bonds. The molecule has 1 aromatic carbocycles. The number of rotatable bonds is 5. The second-order valence-corrected chi connectivity index (χ2v) is 5.84. The van der Waals surface area contributed by atoms with Gasteiger partial charge in [-0.05, 0) is 67.3 Å². The van der Waals surface area contributed by atoms with Crippen LogP contribution in [0.4, 0.5) is 4.39 Å². The van der Waals surface area contributed by atoms with E-state index >= 15 is 0 Å². The predicted molar refractivity (Wildman–Crippen MR) is 99.3 cm³/mol. The lowest BCUT2D eigenvalue weighted by atomic mass is 9.93. The third kappa shape index (κ3) is 4.54. The molecule has 25 heavy (non-hydrogen) atoms. The zero-order chi connectivity index (χ0) is 18.4.